The number of hydrogen-bond acceptors (Lipinski definition) is 4. The summed E-state index contributed by atoms with van der Waals surface area (Å²) in [6, 6.07) is 15.3. The minimum absolute atomic E-state index is 0.0703. The van der Waals surface area contributed by atoms with Crippen molar-refractivity contribution in [2.24, 2.45) is 0 Å². The lowest BCUT2D eigenvalue weighted by atomic mass is 10.1. The number of carbonyl (C=O) groups is 2. The second-order valence-electron chi connectivity index (χ2n) is 7.12. The van der Waals surface area contributed by atoms with Gasteiger partial charge in [0.05, 0.1) is 16.7 Å². The Labute approximate surface area is 169 Å². The number of nitrogens with zero attached hydrogens (tertiary/aromatic N) is 2. The van der Waals surface area contributed by atoms with E-state index in [1.807, 2.05) is 48.5 Å². The van der Waals surface area contributed by atoms with E-state index in [2.05, 4.69) is 15.3 Å². The lowest BCUT2D eigenvalue weighted by Crippen LogP contribution is -2.45. The highest BCUT2D eigenvalue weighted by Gasteiger charge is 2.31. The number of aryl methyl sites for hydroxylation is 1. The summed E-state index contributed by atoms with van der Waals surface area (Å²) in [5.41, 5.74) is 2.70. The van der Waals surface area contributed by atoms with E-state index in [1.54, 1.807) is 11.8 Å². The van der Waals surface area contributed by atoms with Crippen molar-refractivity contribution in [1.29, 1.82) is 0 Å². The van der Waals surface area contributed by atoms with Crippen molar-refractivity contribution in [1.82, 2.24) is 15.3 Å². The number of hydrogen-bond donors (Lipinski definition) is 2. The van der Waals surface area contributed by atoms with Crippen LogP contribution in [-0.2, 0) is 16.0 Å². The molecule has 3 aromatic rings. The molecule has 2 heterocycles. The van der Waals surface area contributed by atoms with E-state index in [0.717, 1.165) is 29.7 Å². The van der Waals surface area contributed by atoms with Gasteiger partial charge in [0.25, 0.3) is 5.91 Å². The first-order valence-electron chi connectivity index (χ1n) is 9.89. The molecule has 1 aliphatic heterocycles. The van der Waals surface area contributed by atoms with E-state index in [1.165, 1.54) is 0 Å². The Bertz CT molecular complexity index is 997. The highest BCUT2D eigenvalue weighted by Crippen LogP contribution is 2.33. The lowest BCUT2D eigenvalue weighted by Gasteiger charge is -2.32. The summed E-state index contributed by atoms with van der Waals surface area (Å²) in [5.74, 6) is 1.40. The zero-order valence-corrected chi connectivity index (χ0v) is 16.4. The molecular formula is C22H24N4O3. The number of fused-ring (bicyclic) bond motifs is 2. The molecule has 0 aliphatic carbocycles. The standard InChI is InChI=1S/C22H24N4O3/c1-15-22(28)26(18-9-4-5-10-19(18)29-15)14-12-21(27)23-13-6-11-20-24-16-7-2-3-8-17(16)25-20/h2-5,7-10,15H,6,11-14H2,1H3,(H,23,27)(H,24,25). The van der Waals surface area contributed by atoms with Gasteiger partial charge in [0.2, 0.25) is 5.91 Å². The average Bonchev–Trinajstić information content (AvgIpc) is 3.14. The molecule has 1 aliphatic rings. The van der Waals surface area contributed by atoms with E-state index in [9.17, 15) is 9.59 Å². The highest BCUT2D eigenvalue weighted by atomic mass is 16.5. The lowest BCUT2D eigenvalue weighted by molar-refractivity contribution is -0.125. The number of imidazole rings is 1. The molecule has 0 saturated heterocycles. The summed E-state index contributed by atoms with van der Waals surface area (Å²) >= 11 is 0. The highest BCUT2D eigenvalue weighted by molar-refractivity contribution is 6.00. The molecule has 29 heavy (non-hydrogen) atoms. The normalized spacial score (nSPS) is 15.8. The quantitative estimate of drug-likeness (QED) is 0.605. The minimum Gasteiger partial charge on any atom is -0.479 e. The minimum atomic E-state index is -0.545. The van der Waals surface area contributed by atoms with Crippen molar-refractivity contribution >= 4 is 28.5 Å². The maximum atomic E-state index is 12.5. The second kappa shape index (κ2) is 8.34. The SMILES string of the molecule is CC1Oc2ccccc2N(CCC(=O)NCCCc2nc3ccccc3[nH]2)C1=O. The molecule has 1 unspecified atom stereocenters. The number of aromatic nitrogens is 2. The fourth-order valence-electron chi connectivity index (χ4n) is 3.50. The molecule has 4 rings (SSSR count). The largest absolute Gasteiger partial charge is 0.479 e. The van der Waals surface area contributed by atoms with Crippen LogP contribution in [0.4, 0.5) is 5.69 Å². The number of anilines is 1. The second-order valence-corrected chi connectivity index (χ2v) is 7.12. The summed E-state index contributed by atoms with van der Waals surface area (Å²) in [7, 11) is 0. The van der Waals surface area contributed by atoms with Crippen molar-refractivity contribution in [3.05, 3.63) is 54.4 Å². The van der Waals surface area contributed by atoms with Crippen LogP contribution in [0.25, 0.3) is 11.0 Å². The van der Waals surface area contributed by atoms with Gasteiger partial charge in [-0.15, -0.1) is 0 Å². The van der Waals surface area contributed by atoms with Crippen LogP contribution in [0, 0.1) is 0 Å². The van der Waals surface area contributed by atoms with Crippen LogP contribution < -0.4 is 15.0 Å². The van der Waals surface area contributed by atoms with Crippen LogP contribution >= 0.6 is 0 Å². The van der Waals surface area contributed by atoms with Crippen LogP contribution in [0.2, 0.25) is 0 Å². The monoisotopic (exact) mass is 392 g/mol. The van der Waals surface area contributed by atoms with Gasteiger partial charge in [-0.1, -0.05) is 24.3 Å². The van der Waals surface area contributed by atoms with Gasteiger partial charge in [0, 0.05) is 25.9 Å². The Morgan fingerprint density at radius 1 is 1.21 bits per heavy atom. The van der Waals surface area contributed by atoms with E-state index in [4.69, 9.17) is 4.74 Å². The van der Waals surface area contributed by atoms with Crippen molar-refractivity contribution in [3.63, 3.8) is 0 Å². The van der Waals surface area contributed by atoms with Crippen molar-refractivity contribution in [2.75, 3.05) is 18.0 Å². The number of aromatic amines is 1. The van der Waals surface area contributed by atoms with Gasteiger partial charge in [-0.2, -0.15) is 0 Å². The third-order valence-corrected chi connectivity index (χ3v) is 4.99. The first-order valence-corrected chi connectivity index (χ1v) is 9.89. The first kappa shape index (κ1) is 19.0. The Morgan fingerprint density at radius 2 is 2.00 bits per heavy atom. The molecule has 0 fully saturated rings. The van der Waals surface area contributed by atoms with Crippen LogP contribution in [0.1, 0.15) is 25.6 Å². The number of carbonyl (C=O) groups excluding carboxylic acids is 2. The predicted octanol–water partition coefficient (Wildman–Crippen LogP) is 2.82. The summed E-state index contributed by atoms with van der Waals surface area (Å²) < 4.78 is 5.62. The Kier molecular flexibility index (Phi) is 5.46. The fourth-order valence-corrected chi connectivity index (χ4v) is 3.50. The van der Waals surface area contributed by atoms with E-state index < -0.39 is 6.10 Å². The van der Waals surface area contributed by atoms with Gasteiger partial charge in [-0.05, 0) is 37.6 Å². The van der Waals surface area contributed by atoms with Crippen molar-refractivity contribution in [2.45, 2.75) is 32.3 Å². The summed E-state index contributed by atoms with van der Waals surface area (Å²) in [4.78, 5) is 34.2. The average molecular weight is 392 g/mol. The summed E-state index contributed by atoms with van der Waals surface area (Å²) in [6.45, 7) is 2.63. The van der Waals surface area contributed by atoms with Crippen LogP contribution in [0.5, 0.6) is 5.75 Å². The molecule has 2 N–H and O–H groups in total. The third kappa shape index (κ3) is 4.23. The van der Waals surface area contributed by atoms with Crippen LogP contribution in [0.15, 0.2) is 48.5 Å². The molecule has 2 amide bonds. The molecule has 0 saturated carbocycles. The maximum Gasteiger partial charge on any atom is 0.267 e. The number of H-pyrrole nitrogens is 1. The topological polar surface area (TPSA) is 87.3 Å². The van der Waals surface area contributed by atoms with E-state index in [-0.39, 0.29) is 18.2 Å². The number of para-hydroxylation sites is 4. The van der Waals surface area contributed by atoms with Crippen LogP contribution in [-0.4, -0.2) is 41.0 Å². The molecular weight excluding hydrogens is 368 g/mol. The molecule has 2 aromatic carbocycles. The van der Waals surface area contributed by atoms with Gasteiger partial charge >= 0.3 is 0 Å². The zero-order chi connectivity index (χ0) is 20.2. The summed E-state index contributed by atoms with van der Waals surface area (Å²) in [6.07, 6.45) is 1.26. The molecule has 150 valence electrons. The van der Waals surface area contributed by atoms with Gasteiger partial charge in [0.15, 0.2) is 6.10 Å². The smallest absolute Gasteiger partial charge is 0.267 e. The van der Waals surface area contributed by atoms with Gasteiger partial charge in [-0.25, -0.2) is 4.98 Å². The maximum absolute atomic E-state index is 12.5. The van der Waals surface area contributed by atoms with Gasteiger partial charge in [-0.3, -0.25) is 9.59 Å². The number of rotatable bonds is 7. The number of ether oxygens (including phenoxy) is 1. The van der Waals surface area contributed by atoms with Gasteiger partial charge in [0.1, 0.15) is 11.6 Å². The molecule has 7 nitrogen and oxygen atoms in total. The number of benzene rings is 2. The molecule has 0 bridgehead atoms. The van der Waals surface area contributed by atoms with Gasteiger partial charge < -0.3 is 19.9 Å². The number of amides is 2. The predicted molar refractivity (Wildman–Crippen MR) is 111 cm³/mol. The molecule has 7 heteroatoms. The molecule has 0 radical (unpaired) electrons. The Morgan fingerprint density at radius 3 is 2.86 bits per heavy atom. The van der Waals surface area contributed by atoms with E-state index >= 15 is 0 Å². The third-order valence-electron chi connectivity index (χ3n) is 4.99. The molecule has 1 aromatic heterocycles. The summed E-state index contributed by atoms with van der Waals surface area (Å²) in [5, 5.41) is 2.93. The molecule has 0 spiro atoms. The first-order chi connectivity index (χ1) is 14.1. The van der Waals surface area contributed by atoms with Crippen LogP contribution in [0.3, 0.4) is 0 Å². The Hall–Kier alpha value is -3.35. The van der Waals surface area contributed by atoms with E-state index in [0.29, 0.717) is 24.5 Å². The zero-order valence-electron chi connectivity index (χ0n) is 16.4. The fraction of sp³-hybridized carbons (Fsp3) is 0.318. The molecule has 1 atom stereocenters. The Balaban J connectivity index is 1.24. The van der Waals surface area contributed by atoms with Crippen molar-refractivity contribution < 1.29 is 14.3 Å². The van der Waals surface area contributed by atoms with Crippen molar-refractivity contribution in [3.8, 4) is 5.75 Å². The number of nitrogens with one attached hydrogen (secondary N) is 2.